The molecule has 0 aliphatic carbocycles. The molecule has 1 aliphatic heterocycles. The number of rotatable bonds is 5. The summed E-state index contributed by atoms with van der Waals surface area (Å²) in [6.45, 7) is 10.0. The molecule has 0 aromatic heterocycles. The maximum atomic E-state index is 4.22. The van der Waals surface area contributed by atoms with Gasteiger partial charge in [-0.3, -0.25) is 4.99 Å². The molecule has 0 saturated carbocycles. The zero-order valence-electron chi connectivity index (χ0n) is 11.6. The predicted molar refractivity (Wildman–Crippen MR) is 74.5 cm³/mol. The number of guanidine groups is 1. The van der Waals surface area contributed by atoms with Crippen LogP contribution in [-0.2, 0) is 0 Å². The first-order valence-corrected chi connectivity index (χ1v) is 6.89. The van der Waals surface area contributed by atoms with Crippen molar-refractivity contribution >= 4 is 5.96 Å². The Balaban J connectivity index is 2.10. The minimum absolute atomic E-state index is 0.649. The van der Waals surface area contributed by atoms with Crippen LogP contribution >= 0.6 is 0 Å². The topological polar surface area (TPSA) is 39.7 Å². The summed E-state index contributed by atoms with van der Waals surface area (Å²) in [5, 5.41) is 6.70. The fourth-order valence-corrected chi connectivity index (χ4v) is 2.04. The lowest BCUT2D eigenvalue weighted by molar-refractivity contribution is 0.232. The number of nitrogens with zero attached hydrogens (tertiary/aromatic N) is 2. The minimum Gasteiger partial charge on any atom is -0.356 e. The van der Waals surface area contributed by atoms with E-state index in [9.17, 15) is 0 Å². The molecule has 1 fully saturated rings. The molecule has 1 aliphatic rings. The average Bonchev–Trinajstić information content (AvgIpc) is 2.34. The minimum atomic E-state index is 0.649. The van der Waals surface area contributed by atoms with Gasteiger partial charge in [-0.15, -0.1) is 0 Å². The van der Waals surface area contributed by atoms with E-state index < -0.39 is 0 Å². The lowest BCUT2D eigenvalue weighted by atomic mass is 10.1. The molecule has 1 rings (SSSR count). The van der Waals surface area contributed by atoms with Crippen molar-refractivity contribution < 1.29 is 0 Å². The molecule has 0 unspecified atom stereocenters. The van der Waals surface area contributed by atoms with Crippen molar-refractivity contribution in [3.05, 3.63) is 0 Å². The number of hydrogen-bond acceptors (Lipinski definition) is 2. The van der Waals surface area contributed by atoms with E-state index in [0.29, 0.717) is 5.92 Å². The highest BCUT2D eigenvalue weighted by molar-refractivity contribution is 5.79. The maximum Gasteiger partial charge on any atom is 0.191 e. The number of likely N-dealkylation sites (tertiary alicyclic amines) is 1. The fraction of sp³-hybridized carbons (Fsp3) is 0.923. The lowest BCUT2D eigenvalue weighted by Crippen LogP contribution is -2.43. The van der Waals surface area contributed by atoms with Crippen LogP contribution in [0.1, 0.15) is 33.1 Å². The molecule has 0 radical (unpaired) electrons. The Bertz CT molecular complexity index is 219. The molecule has 1 heterocycles. The van der Waals surface area contributed by atoms with E-state index in [1.54, 1.807) is 0 Å². The van der Waals surface area contributed by atoms with Crippen molar-refractivity contribution in [1.82, 2.24) is 15.5 Å². The SMILES string of the molecule is CN=C(NCCN1CCCCC1)NCC(C)C. The van der Waals surface area contributed by atoms with Crippen molar-refractivity contribution in [2.45, 2.75) is 33.1 Å². The van der Waals surface area contributed by atoms with Crippen molar-refractivity contribution in [2.24, 2.45) is 10.9 Å². The molecule has 0 bridgehead atoms. The van der Waals surface area contributed by atoms with Crippen LogP contribution in [0.25, 0.3) is 0 Å². The normalized spacial score (nSPS) is 18.5. The largest absolute Gasteiger partial charge is 0.356 e. The summed E-state index contributed by atoms with van der Waals surface area (Å²) in [5.41, 5.74) is 0. The summed E-state index contributed by atoms with van der Waals surface area (Å²) in [7, 11) is 1.83. The van der Waals surface area contributed by atoms with Crippen LogP contribution in [0, 0.1) is 5.92 Å². The average molecular weight is 240 g/mol. The third kappa shape index (κ3) is 6.51. The lowest BCUT2D eigenvalue weighted by Gasteiger charge is -2.26. The van der Waals surface area contributed by atoms with Gasteiger partial charge in [-0.2, -0.15) is 0 Å². The predicted octanol–water partition coefficient (Wildman–Crippen LogP) is 1.29. The summed E-state index contributed by atoms with van der Waals surface area (Å²) in [6, 6.07) is 0. The van der Waals surface area contributed by atoms with Crippen LogP contribution in [0.15, 0.2) is 4.99 Å². The van der Waals surface area contributed by atoms with E-state index in [2.05, 4.69) is 34.4 Å². The van der Waals surface area contributed by atoms with Crippen molar-refractivity contribution in [3.63, 3.8) is 0 Å². The van der Waals surface area contributed by atoms with Crippen molar-refractivity contribution in [1.29, 1.82) is 0 Å². The highest BCUT2D eigenvalue weighted by Crippen LogP contribution is 2.07. The molecule has 0 aromatic rings. The second-order valence-corrected chi connectivity index (χ2v) is 5.18. The molecule has 100 valence electrons. The van der Waals surface area contributed by atoms with Gasteiger partial charge >= 0.3 is 0 Å². The Morgan fingerprint density at radius 2 is 1.88 bits per heavy atom. The first-order chi connectivity index (χ1) is 8.22. The van der Waals surface area contributed by atoms with Gasteiger partial charge in [0.25, 0.3) is 0 Å². The maximum absolute atomic E-state index is 4.22. The number of aliphatic imine (C=N–C) groups is 1. The van der Waals surface area contributed by atoms with Crippen molar-refractivity contribution in [2.75, 3.05) is 39.8 Å². The van der Waals surface area contributed by atoms with E-state index >= 15 is 0 Å². The van der Waals surface area contributed by atoms with E-state index in [1.165, 1.54) is 32.4 Å². The Labute approximate surface area is 106 Å². The third-order valence-electron chi connectivity index (χ3n) is 3.07. The zero-order valence-corrected chi connectivity index (χ0v) is 11.6. The van der Waals surface area contributed by atoms with Crippen LogP contribution < -0.4 is 10.6 Å². The van der Waals surface area contributed by atoms with Gasteiger partial charge in [0.05, 0.1) is 0 Å². The molecule has 2 N–H and O–H groups in total. The smallest absolute Gasteiger partial charge is 0.191 e. The van der Waals surface area contributed by atoms with E-state index in [-0.39, 0.29) is 0 Å². The summed E-state index contributed by atoms with van der Waals surface area (Å²) in [4.78, 5) is 6.75. The first-order valence-electron chi connectivity index (χ1n) is 6.89. The molecule has 0 atom stereocenters. The molecular weight excluding hydrogens is 212 g/mol. The van der Waals surface area contributed by atoms with E-state index in [0.717, 1.165) is 25.6 Å². The van der Waals surface area contributed by atoms with Gasteiger partial charge < -0.3 is 15.5 Å². The van der Waals surface area contributed by atoms with Gasteiger partial charge in [0.1, 0.15) is 0 Å². The van der Waals surface area contributed by atoms with Crippen LogP contribution in [-0.4, -0.2) is 50.6 Å². The van der Waals surface area contributed by atoms with Crippen LogP contribution in [0.4, 0.5) is 0 Å². The molecule has 4 nitrogen and oxygen atoms in total. The van der Waals surface area contributed by atoms with Gasteiger partial charge in [-0.05, 0) is 31.8 Å². The molecule has 1 saturated heterocycles. The van der Waals surface area contributed by atoms with Crippen LogP contribution in [0.2, 0.25) is 0 Å². The highest BCUT2D eigenvalue weighted by atomic mass is 15.2. The van der Waals surface area contributed by atoms with E-state index in [4.69, 9.17) is 0 Å². The Morgan fingerprint density at radius 1 is 1.18 bits per heavy atom. The molecular formula is C13H28N4. The van der Waals surface area contributed by atoms with Crippen molar-refractivity contribution in [3.8, 4) is 0 Å². The quantitative estimate of drug-likeness (QED) is 0.562. The Morgan fingerprint density at radius 3 is 2.47 bits per heavy atom. The first kappa shape index (κ1) is 14.3. The molecule has 4 heteroatoms. The van der Waals surface area contributed by atoms with Gasteiger partial charge in [-0.25, -0.2) is 0 Å². The molecule has 0 aromatic carbocycles. The summed E-state index contributed by atoms with van der Waals surface area (Å²) in [5.74, 6) is 1.58. The summed E-state index contributed by atoms with van der Waals surface area (Å²) < 4.78 is 0. The molecule has 0 spiro atoms. The Kier molecular flexibility index (Phi) is 7.01. The number of nitrogens with one attached hydrogen (secondary N) is 2. The van der Waals surface area contributed by atoms with Gasteiger partial charge in [0.2, 0.25) is 0 Å². The van der Waals surface area contributed by atoms with Crippen LogP contribution in [0.5, 0.6) is 0 Å². The van der Waals surface area contributed by atoms with Gasteiger partial charge in [0, 0.05) is 26.7 Å². The number of piperidine rings is 1. The van der Waals surface area contributed by atoms with E-state index in [1.807, 2.05) is 7.05 Å². The molecule has 0 amide bonds. The second kappa shape index (κ2) is 8.34. The summed E-state index contributed by atoms with van der Waals surface area (Å²) in [6.07, 6.45) is 4.13. The molecule has 17 heavy (non-hydrogen) atoms. The zero-order chi connectivity index (χ0) is 12.5. The van der Waals surface area contributed by atoms with Crippen LogP contribution in [0.3, 0.4) is 0 Å². The Hall–Kier alpha value is -0.770. The standard InChI is InChI=1S/C13H28N4/c1-12(2)11-16-13(14-3)15-7-10-17-8-5-4-6-9-17/h12H,4-11H2,1-3H3,(H2,14,15,16). The van der Waals surface area contributed by atoms with Gasteiger partial charge in [0.15, 0.2) is 5.96 Å². The number of hydrogen-bond donors (Lipinski definition) is 2. The highest BCUT2D eigenvalue weighted by Gasteiger charge is 2.09. The van der Waals surface area contributed by atoms with Gasteiger partial charge in [-0.1, -0.05) is 20.3 Å². The monoisotopic (exact) mass is 240 g/mol. The second-order valence-electron chi connectivity index (χ2n) is 5.18. The third-order valence-corrected chi connectivity index (χ3v) is 3.07. The fourth-order valence-electron chi connectivity index (χ4n) is 2.04. The summed E-state index contributed by atoms with van der Waals surface area (Å²) >= 11 is 0.